The number of anilines is 2. The monoisotopic (exact) mass is 522 g/mol. The molecule has 1 aliphatic heterocycles. The van der Waals surface area contributed by atoms with E-state index < -0.39 is 18.3 Å². The van der Waals surface area contributed by atoms with Crippen molar-refractivity contribution in [3.8, 4) is 5.82 Å². The number of para-hydroxylation sites is 2. The molecule has 1 fully saturated rings. The Morgan fingerprint density at radius 3 is 2.61 bits per heavy atom. The second-order valence-electron chi connectivity index (χ2n) is 9.02. The molecule has 0 aliphatic carbocycles. The number of amides is 1. The molecule has 38 heavy (non-hydrogen) atoms. The molecule has 198 valence electrons. The van der Waals surface area contributed by atoms with Crippen molar-refractivity contribution < 1.29 is 18.3 Å². The van der Waals surface area contributed by atoms with E-state index in [0.29, 0.717) is 49.7 Å². The molecule has 0 unspecified atom stereocenters. The SMILES string of the molecule is C[C@H](Nc1nc(N2CCOCC2)cc(-n2c(C(F)F)nc3ccccc32)n1)C(=O)N(C)Cc1cccnc1. The van der Waals surface area contributed by atoms with Gasteiger partial charge < -0.3 is 19.9 Å². The Bertz CT molecular complexity index is 1410. The first-order valence-electron chi connectivity index (χ1n) is 12.3. The van der Waals surface area contributed by atoms with Gasteiger partial charge in [0.1, 0.15) is 17.7 Å². The predicted molar refractivity (Wildman–Crippen MR) is 138 cm³/mol. The number of halogens is 2. The van der Waals surface area contributed by atoms with Crippen molar-refractivity contribution in [1.29, 1.82) is 0 Å². The molecule has 4 aromatic rings. The number of alkyl halides is 2. The minimum atomic E-state index is -2.82. The van der Waals surface area contributed by atoms with Crippen molar-refractivity contribution in [2.24, 2.45) is 0 Å². The van der Waals surface area contributed by atoms with E-state index in [1.165, 1.54) is 4.57 Å². The molecule has 0 radical (unpaired) electrons. The van der Waals surface area contributed by atoms with Crippen LogP contribution in [0, 0.1) is 0 Å². The molecule has 1 saturated heterocycles. The molecule has 12 heteroatoms. The summed E-state index contributed by atoms with van der Waals surface area (Å²) < 4.78 is 34.9. The Morgan fingerprint density at radius 1 is 1.11 bits per heavy atom. The molecule has 5 rings (SSSR count). The summed E-state index contributed by atoms with van der Waals surface area (Å²) in [6.07, 6.45) is 0.565. The summed E-state index contributed by atoms with van der Waals surface area (Å²) >= 11 is 0. The minimum absolute atomic E-state index is 0.151. The Hall–Kier alpha value is -4.19. The molecular weight excluding hydrogens is 494 g/mol. The zero-order chi connectivity index (χ0) is 26.6. The molecule has 0 spiro atoms. The summed E-state index contributed by atoms with van der Waals surface area (Å²) in [4.78, 5) is 34.1. The van der Waals surface area contributed by atoms with Gasteiger partial charge in [-0.2, -0.15) is 9.97 Å². The third kappa shape index (κ3) is 5.40. The van der Waals surface area contributed by atoms with E-state index in [9.17, 15) is 13.6 Å². The second-order valence-corrected chi connectivity index (χ2v) is 9.02. The van der Waals surface area contributed by atoms with Gasteiger partial charge in [0.05, 0.1) is 24.2 Å². The summed E-state index contributed by atoms with van der Waals surface area (Å²) in [5.74, 6) is 0.331. The quantitative estimate of drug-likeness (QED) is 0.376. The van der Waals surface area contributed by atoms with Gasteiger partial charge in [0.25, 0.3) is 6.43 Å². The van der Waals surface area contributed by atoms with Crippen molar-refractivity contribution in [3.63, 3.8) is 0 Å². The number of carbonyl (C=O) groups is 1. The number of ether oxygens (including phenoxy) is 1. The van der Waals surface area contributed by atoms with Gasteiger partial charge in [-0.05, 0) is 30.7 Å². The highest BCUT2D eigenvalue weighted by Gasteiger charge is 2.25. The molecule has 1 atom stereocenters. The first-order chi connectivity index (χ1) is 18.4. The van der Waals surface area contributed by atoms with Crippen molar-refractivity contribution in [3.05, 3.63) is 66.2 Å². The van der Waals surface area contributed by atoms with Crippen LogP contribution in [0.1, 0.15) is 24.7 Å². The van der Waals surface area contributed by atoms with E-state index in [0.717, 1.165) is 5.56 Å². The van der Waals surface area contributed by atoms with Gasteiger partial charge in [0.15, 0.2) is 5.82 Å². The fraction of sp³-hybridized carbons (Fsp3) is 0.346. The van der Waals surface area contributed by atoms with Gasteiger partial charge in [-0.25, -0.2) is 13.8 Å². The van der Waals surface area contributed by atoms with E-state index >= 15 is 0 Å². The maximum absolute atomic E-state index is 14.1. The van der Waals surface area contributed by atoms with Gasteiger partial charge in [0, 0.05) is 45.1 Å². The van der Waals surface area contributed by atoms with Crippen molar-refractivity contribution in [1.82, 2.24) is 29.4 Å². The molecular formula is C26H28F2N8O2. The lowest BCUT2D eigenvalue weighted by atomic mass is 10.2. The molecule has 0 bridgehead atoms. The van der Waals surface area contributed by atoms with Crippen molar-refractivity contribution in [2.75, 3.05) is 43.6 Å². The molecule has 1 aliphatic rings. The van der Waals surface area contributed by atoms with Crippen LogP contribution in [0.5, 0.6) is 0 Å². The maximum atomic E-state index is 14.1. The van der Waals surface area contributed by atoms with Crippen LogP contribution in [0.3, 0.4) is 0 Å². The van der Waals surface area contributed by atoms with E-state index in [1.54, 1.807) is 61.6 Å². The first-order valence-corrected chi connectivity index (χ1v) is 12.3. The van der Waals surface area contributed by atoms with E-state index in [4.69, 9.17) is 4.74 Å². The summed E-state index contributed by atoms with van der Waals surface area (Å²) in [6.45, 7) is 4.31. The lowest BCUT2D eigenvalue weighted by Crippen LogP contribution is -2.39. The lowest BCUT2D eigenvalue weighted by Gasteiger charge is -2.29. The van der Waals surface area contributed by atoms with Crippen molar-refractivity contribution >= 4 is 28.7 Å². The third-order valence-corrected chi connectivity index (χ3v) is 6.28. The first kappa shape index (κ1) is 25.5. The molecule has 1 N–H and O–H groups in total. The fourth-order valence-electron chi connectivity index (χ4n) is 4.42. The van der Waals surface area contributed by atoms with Crippen LogP contribution in [0.2, 0.25) is 0 Å². The Kier molecular flexibility index (Phi) is 7.40. The highest BCUT2D eigenvalue weighted by atomic mass is 19.3. The molecule has 3 aromatic heterocycles. The number of hydrogen-bond donors (Lipinski definition) is 1. The number of hydrogen-bond acceptors (Lipinski definition) is 8. The zero-order valence-electron chi connectivity index (χ0n) is 21.1. The summed E-state index contributed by atoms with van der Waals surface area (Å²) in [5, 5.41) is 3.08. The average Bonchev–Trinajstić information content (AvgIpc) is 3.34. The normalized spacial score (nSPS) is 14.6. The number of fused-ring (bicyclic) bond motifs is 1. The Labute approximate surface area is 218 Å². The number of benzene rings is 1. The fourth-order valence-corrected chi connectivity index (χ4v) is 4.42. The number of carbonyl (C=O) groups excluding carboxylic acids is 1. The lowest BCUT2D eigenvalue weighted by molar-refractivity contribution is -0.130. The summed E-state index contributed by atoms with van der Waals surface area (Å²) in [6, 6.07) is 11.6. The topological polar surface area (TPSA) is 101 Å². The average molecular weight is 523 g/mol. The molecule has 4 heterocycles. The third-order valence-electron chi connectivity index (χ3n) is 6.28. The number of morpholine rings is 1. The van der Waals surface area contributed by atoms with Gasteiger partial charge in [-0.15, -0.1) is 0 Å². The van der Waals surface area contributed by atoms with E-state index in [1.807, 2.05) is 17.0 Å². The van der Waals surface area contributed by atoms with Crippen LogP contribution in [-0.2, 0) is 16.1 Å². The molecule has 1 amide bonds. The number of nitrogens with zero attached hydrogens (tertiary/aromatic N) is 7. The van der Waals surface area contributed by atoms with Crippen LogP contribution >= 0.6 is 0 Å². The second kappa shape index (κ2) is 11.1. The molecule has 10 nitrogen and oxygen atoms in total. The van der Waals surface area contributed by atoms with Crippen LogP contribution in [0.4, 0.5) is 20.5 Å². The number of nitrogens with one attached hydrogen (secondary N) is 1. The van der Waals surface area contributed by atoms with Crippen LogP contribution in [0.15, 0.2) is 54.9 Å². The largest absolute Gasteiger partial charge is 0.378 e. The highest BCUT2D eigenvalue weighted by molar-refractivity contribution is 5.83. The van der Waals surface area contributed by atoms with Gasteiger partial charge in [-0.3, -0.25) is 14.3 Å². The van der Waals surface area contributed by atoms with Crippen LogP contribution in [0.25, 0.3) is 16.9 Å². The maximum Gasteiger partial charge on any atom is 0.296 e. The zero-order valence-corrected chi connectivity index (χ0v) is 21.1. The standard InChI is InChI=1S/C26H28F2N8O2/c1-17(25(37)34(2)16-18-6-5-9-29-15-18)30-26-32-21(35-10-12-38-13-11-35)14-22(33-26)36-20-8-4-3-7-19(20)31-24(36)23(27)28/h3-9,14-15,17,23H,10-13,16H2,1-2H3,(H,30,32,33)/t17-/m0/s1. The number of imidazole rings is 1. The van der Waals surface area contributed by atoms with Crippen LogP contribution < -0.4 is 10.2 Å². The van der Waals surface area contributed by atoms with Gasteiger partial charge in [0.2, 0.25) is 11.9 Å². The predicted octanol–water partition coefficient (Wildman–Crippen LogP) is 3.44. The Balaban J connectivity index is 1.49. The number of pyridine rings is 1. The minimum Gasteiger partial charge on any atom is -0.378 e. The summed E-state index contributed by atoms with van der Waals surface area (Å²) in [7, 11) is 1.70. The smallest absolute Gasteiger partial charge is 0.296 e. The number of likely N-dealkylation sites (N-methyl/N-ethyl adjacent to an activating group) is 1. The van der Waals surface area contributed by atoms with E-state index in [2.05, 4.69) is 25.3 Å². The highest BCUT2D eigenvalue weighted by Crippen LogP contribution is 2.29. The van der Waals surface area contributed by atoms with Gasteiger partial charge in [-0.1, -0.05) is 18.2 Å². The van der Waals surface area contributed by atoms with E-state index in [-0.39, 0.29) is 17.7 Å². The number of aromatic nitrogens is 5. The van der Waals surface area contributed by atoms with Gasteiger partial charge >= 0.3 is 0 Å². The summed E-state index contributed by atoms with van der Waals surface area (Å²) in [5.41, 5.74) is 1.83. The Morgan fingerprint density at radius 2 is 1.87 bits per heavy atom. The molecule has 1 aromatic carbocycles. The number of rotatable bonds is 8. The van der Waals surface area contributed by atoms with Crippen LogP contribution in [-0.4, -0.2) is 74.7 Å². The van der Waals surface area contributed by atoms with Crippen molar-refractivity contribution in [2.45, 2.75) is 25.9 Å². The molecule has 0 saturated carbocycles.